The van der Waals surface area contributed by atoms with Crippen molar-refractivity contribution in [2.45, 2.75) is 26.2 Å². The summed E-state index contributed by atoms with van der Waals surface area (Å²) in [5.74, 6) is -0.624. The van der Waals surface area contributed by atoms with Crippen LogP contribution < -0.4 is 0 Å². The molecule has 6 nitrogen and oxygen atoms in total. The molecular formula is C12H21NO5S. The van der Waals surface area contributed by atoms with Crippen LogP contribution in [-0.4, -0.2) is 56.9 Å². The van der Waals surface area contributed by atoms with Crippen molar-refractivity contribution in [2.75, 3.05) is 31.7 Å². The van der Waals surface area contributed by atoms with E-state index in [9.17, 15) is 18.0 Å². The number of sulfone groups is 1. The topological polar surface area (TPSA) is 80.8 Å². The first-order valence-corrected chi connectivity index (χ1v) is 8.51. The Kier molecular flexibility index (Phi) is 5.78. The molecule has 0 aromatic rings. The van der Waals surface area contributed by atoms with Crippen molar-refractivity contribution in [3.63, 3.8) is 0 Å². The van der Waals surface area contributed by atoms with E-state index in [0.29, 0.717) is 32.5 Å². The van der Waals surface area contributed by atoms with Crippen molar-refractivity contribution < 1.29 is 22.7 Å². The number of carbonyl (C=O) groups excluding carboxylic acids is 2. The molecule has 0 aliphatic carbocycles. The molecule has 1 heterocycles. The molecule has 1 aliphatic heterocycles. The van der Waals surface area contributed by atoms with Crippen LogP contribution >= 0.6 is 0 Å². The van der Waals surface area contributed by atoms with Gasteiger partial charge in [0, 0.05) is 25.8 Å². The Hall–Kier alpha value is -1.11. The standard InChI is InChI=1S/C12H21NO5S/c1-3-18-12(15)10-4-7-13(8-5-10)11(14)6-9-19(2,16)17/h10H,3-9H2,1-2H3. The predicted molar refractivity (Wildman–Crippen MR) is 70.3 cm³/mol. The number of carbonyl (C=O) groups is 2. The first-order valence-electron chi connectivity index (χ1n) is 6.45. The van der Waals surface area contributed by atoms with Crippen molar-refractivity contribution in [1.29, 1.82) is 0 Å². The fourth-order valence-electron chi connectivity index (χ4n) is 2.06. The Labute approximate surface area is 114 Å². The highest BCUT2D eigenvalue weighted by atomic mass is 32.2. The van der Waals surface area contributed by atoms with Gasteiger partial charge in [-0.15, -0.1) is 0 Å². The van der Waals surface area contributed by atoms with Gasteiger partial charge in [0.25, 0.3) is 0 Å². The van der Waals surface area contributed by atoms with E-state index in [0.717, 1.165) is 6.26 Å². The molecule has 0 unspecified atom stereocenters. The number of likely N-dealkylation sites (tertiary alicyclic amines) is 1. The number of hydrogen-bond acceptors (Lipinski definition) is 5. The van der Waals surface area contributed by atoms with Gasteiger partial charge in [-0.1, -0.05) is 0 Å². The monoisotopic (exact) mass is 291 g/mol. The average molecular weight is 291 g/mol. The summed E-state index contributed by atoms with van der Waals surface area (Å²) < 4.78 is 26.9. The second-order valence-corrected chi connectivity index (χ2v) is 7.05. The van der Waals surface area contributed by atoms with Crippen molar-refractivity contribution in [3.8, 4) is 0 Å². The first-order chi connectivity index (χ1) is 8.83. The molecule has 0 radical (unpaired) electrons. The van der Waals surface area contributed by atoms with E-state index in [1.165, 1.54) is 0 Å². The molecule has 1 rings (SSSR count). The summed E-state index contributed by atoms with van der Waals surface area (Å²) in [6, 6.07) is 0. The van der Waals surface area contributed by atoms with Gasteiger partial charge in [0.1, 0.15) is 9.84 Å². The highest BCUT2D eigenvalue weighted by molar-refractivity contribution is 7.90. The van der Waals surface area contributed by atoms with Crippen LogP contribution in [0.2, 0.25) is 0 Å². The molecular weight excluding hydrogens is 270 g/mol. The lowest BCUT2D eigenvalue weighted by molar-refractivity contribution is -0.151. The SMILES string of the molecule is CCOC(=O)C1CCN(C(=O)CCS(C)(=O)=O)CC1. The summed E-state index contributed by atoms with van der Waals surface area (Å²) >= 11 is 0. The van der Waals surface area contributed by atoms with Gasteiger partial charge in [-0.05, 0) is 19.8 Å². The molecule has 1 saturated heterocycles. The molecule has 110 valence electrons. The number of esters is 1. The summed E-state index contributed by atoms with van der Waals surface area (Å²) in [7, 11) is -3.11. The maximum atomic E-state index is 11.8. The van der Waals surface area contributed by atoms with Gasteiger partial charge in [0.05, 0.1) is 18.3 Å². The van der Waals surface area contributed by atoms with Crippen LogP contribution in [0.5, 0.6) is 0 Å². The maximum absolute atomic E-state index is 11.8. The minimum absolute atomic E-state index is 0.0168. The van der Waals surface area contributed by atoms with Crippen LogP contribution in [0.15, 0.2) is 0 Å². The normalized spacial score (nSPS) is 17.3. The summed E-state index contributed by atoms with van der Waals surface area (Å²) in [6.07, 6.45) is 2.31. The van der Waals surface area contributed by atoms with E-state index >= 15 is 0 Å². The summed E-state index contributed by atoms with van der Waals surface area (Å²) in [5, 5.41) is 0. The van der Waals surface area contributed by atoms with Gasteiger partial charge in [0.15, 0.2) is 0 Å². The van der Waals surface area contributed by atoms with E-state index < -0.39 is 9.84 Å². The van der Waals surface area contributed by atoms with E-state index in [2.05, 4.69) is 0 Å². The van der Waals surface area contributed by atoms with Gasteiger partial charge < -0.3 is 9.64 Å². The Morgan fingerprint density at radius 1 is 1.26 bits per heavy atom. The summed E-state index contributed by atoms with van der Waals surface area (Å²) in [5.41, 5.74) is 0. The third-order valence-electron chi connectivity index (χ3n) is 3.15. The van der Waals surface area contributed by atoms with Gasteiger partial charge in [-0.3, -0.25) is 9.59 Å². The van der Waals surface area contributed by atoms with Crippen LogP contribution in [0, 0.1) is 5.92 Å². The van der Waals surface area contributed by atoms with Crippen LogP contribution in [0.1, 0.15) is 26.2 Å². The van der Waals surface area contributed by atoms with E-state index in [1.807, 2.05) is 0 Å². The molecule has 0 bridgehead atoms. The lowest BCUT2D eigenvalue weighted by Crippen LogP contribution is -2.41. The number of ether oxygens (including phenoxy) is 1. The fourth-order valence-corrected chi connectivity index (χ4v) is 2.60. The number of nitrogens with zero attached hydrogens (tertiary/aromatic N) is 1. The van der Waals surface area contributed by atoms with Crippen LogP contribution in [-0.2, 0) is 24.2 Å². The van der Waals surface area contributed by atoms with Crippen molar-refractivity contribution >= 4 is 21.7 Å². The van der Waals surface area contributed by atoms with Gasteiger partial charge in [0.2, 0.25) is 5.91 Å². The summed E-state index contributed by atoms with van der Waals surface area (Å²) in [6.45, 7) is 3.12. The van der Waals surface area contributed by atoms with Crippen molar-refractivity contribution in [1.82, 2.24) is 4.90 Å². The molecule has 1 aliphatic rings. The average Bonchev–Trinajstić information content (AvgIpc) is 2.35. The molecule has 0 aromatic heterocycles. The minimum Gasteiger partial charge on any atom is -0.466 e. The quantitative estimate of drug-likeness (QED) is 0.677. The number of amides is 1. The highest BCUT2D eigenvalue weighted by Gasteiger charge is 2.28. The molecule has 1 fully saturated rings. The molecule has 0 spiro atoms. The Morgan fingerprint density at radius 3 is 2.32 bits per heavy atom. The van der Waals surface area contributed by atoms with E-state index in [1.54, 1.807) is 11.8 Å². The van der Waals surface area contributed by atoms with Crippen LogP contribution in [0.3, 0.4) is 0 Å². The van der Waals surface area contributed by atoms with Crippen LogP contribution in [0.4, 0.5) is 0 Å². The molecule has 1 amide bonds. The smallest absolute Gasteiger partial charge is 0.309 e. The third-order valence-corrected chi connectivity index (χ3v) is 4.10. The molecule has 0 N–H and O–H groups in total. The maximum Gasteiger partial charge on any atom is 0.309 e. The second kappa shape index (κ2) is 6.88. The molecule has 0 aromatic carbocycles. The number of piperidine rings is 1. The zero-order valence-electron chi connectivity index (χ0n) is 11.4. The minimum atomic E-state index is -3.11. The van der Waals surface area contributed by atoms with Crippen molar-refractivity contribution in [2.24, 2.45) is 5.92 Å². The van der Waals surface area contributed by atoms with Gasteiger partial charge >= 0.3 is 5.97 Å². The summed E-state index contributed by atoms with van der Waals surface area (Å²) in [4.78, 5) is 24.9. The zero-order valence-corrected chi connectivity index (χ0v) is 12.2. The molecule has 0 atom stereocenters. The molecule has 0 saturated carbocycles. The Bertz CT molecular complexity index is 423. The molecule has 7 heteroatoms. The largest absolute Gasteiger partial charge is 0.466 e. The van der Waals surface area contributed by atoms with Crippen LogP contribution in [0.25, 0.3) is 0 Å². The Balaban J connectivity index is 2.37. The zero-order chi connectivity index (χ0) is 14.5. The molecule has 19 heavy (non-hydrogen) atoms. The number of hydrogen-bond donors (Lipinski definition) is 0. The second-order valence-electron chi connectivity index (χ2n) is 4.79. The van der Waals surface area contributed by atoms with E-state index in [4.69, 9.17) is 4.74 Å². The highest BCUT2D eigenvalue weighted by Crippen LogP contribution is 2.19. The lowest BCUT2D eigenvalue weighted by atomic mass is 9.97. The Morgan fingerprint density at radius 2 is 1.84 bits per heavy atom. The van der Waals surface area contributed by atoms with Gasteiger partial charge in [-0.2, -0.15) is 0 Å². The predicted octanol–water partition coefficient (Wildman–Crippen LogP) is 0.223. The fraction of sp³-hybridized carbons (Fsp3) is 0.833. The van der Waals surface area contributed by atoms with Gasteiger partial charge in [-0.25, -0.2) is 8.42 Å². The number of rotatable bonds is 5. The van der Waals surface area contributed by atoms with Crippen molar-refractivity contribution in [3.05, 3.63) is 0 Å². The van der Waals surface area contributed by atoms with E-state index in [-0.39, 0.29) is 30.0 Å². The third kappa shape index (κ3) is 5.59. The first kappa shape index (κ1) is 15.9. The lowest BCUT2D eigenvalue weighted by Gasteiger charge is -2.30.